The Balaban J connectivity index is 2.80. The molecule has 16 heavy (non-hydrogen) atoms. The lowest BCUT2D eigenvalue weighted by Crippen LogP contribution is -2.35. The second-order valence-corrected chi connectivity index (χ2v) is 5.38. The maximum absolute atomic E-state index is 10.7. The predicted molar refractivity (Wildman–Crippen MR) is 70.5 cm³/mol. The number of hydrogen-bond acceptors (Lipinski definition) is 2. The Morgan fingerprint density at radius 2 is 2.00 bits per heavy atom. The molecule has 3 nitrogen and oxygen atoms in total. The predicted octanol–water partition coefficient (Wildman–Crippen LogP) is 3.34. The first-order valence-electron chi connectivity index (χ1n) is 4.85. The number of benzene rings is 1. The number of aliphatic carboxylic acids is 1. The number of carboxylic acid groups (broad SMARTS) is 1. The smallest absolute Gasteiger partial charge is 0.320 e. The highest BCUT2D eigenvalue weighted by atomic mass is 79.9. The fourth-order valence-electron chi connectivity index (χ4n) is 1.39. The molecule has 0 aliphatic carbocycles. The third-order valence-electron chi connectivity index (χ3n) is 2.30. The van der Waals surface area contributed by atoms with Crippen molar-refractivity contribution in [3.63, 3.8) is 0 Å². The highest BCUT2D eigenvalue weighted by Crippen LogP contribution is 2.26. The van der Waals surface area contributed by atoms with Crippen LogP contribution in [0.4, 0.5) is 0 Å². The van der Waals surface area contributed by atoms with E-state index in [1.54, 1.807) is 6.92 Å². The van der Waals surface area contributed by atoms with Gasteiger partial charge in [-0.05, 0) is 31.5 Å². The summed E-state index contributed by atoms with van der Waals surface area (Å²) in [5.41, 5.74) is 1.04. The second-order valence-electron chi connectivity index (χ2n) is 3.61. The molecule has 1 aromatic rings. The van der Waals surface area contributed by atoms with Crippen molar-refractivity contribution in [2.45, 2.75) is 25.9 Å². The number of carbonyl (C=O) groups is 1. The molecule has 0 spiro atoms. The normalized spacial score (nSPS) is 14.5. The van der Waals surface area contributed by atoms with Crippen LogP contribution in [-0.2, 0) is 4.79 Å². The first-order valence-corrected chi connectivity index (χ1v) is 6.44. The quantitative estimate of drug-likeness (QED) is 0.875. The van der Waals surface area contributed by atoms with Crippen LogP contribution in [0.1, 0.15) is 25.5 Å². The van der Waals surface area contributed by atoms with Gasteiger partial charge < -0.3 is 5.11 Å². The first kappa shape index (κ1) is 13.7. The molecule has 0 radical (unpaired) electrons. The van der Waals surface area contributed by atoms with Crippen LogP contribution in [0.15, 0.2) is 27.1 Å². The van der Waals surface area contributed by atoms with Crippen LogP contribution < -0.4 is 5.32 Å². The van der Waals surface area contributed by atoms with E-state index >= 15 is 0 Å². The van der Waals surface area contributed by atoms with Crippen LogP contribution >= 0.6 is 31.9 Å². The summed E-state index contributed by atoms with van der Waals surface area (Å²) in [6.07, 6.45) is 0. The minimum atomic E-state index is -0.847. The second kappa shape index (κ2) is 5.80. The molecule has 0 amide bonds. The summed E-state index contributed by atoms with van der Waals surface area (Å²) >= 11 is 6.83. The van der Waals surface area contributed by atoms with Crippen molar-refractivity contribution in [3.05, 3.63) is 32.7 Å². The van der Waals surface area contributed by atoms with Gasteiger partial charge >= 0.3 is 5.97 Å². The van der Waals surface area contributed by atoms with Crippen molar-refractivity contribution in [2.75, 3.05) is 0 Å². The molecule has 0 aliphatic rings. The summed E-state index contributed by atoms with van der Waals surface area (Å²) in [4.78, 5) is 10.7. The summed E-state index contributed by atoms with van der Waals surface area (Å²) in [7, 11) is 0. The van der Waals surface area contributed by atoms with E-state index < -0.39 is 12.0 Å². The van der Waals surface area contributed by atoms with Crippen molar-refractivity contribution < 1.29 is 9.90 Å². The van der Waals surface area contributed by atoms with E-state index in [-0.39, 0.29) is 6.04 Å². The standard InChI is InChI=1S/C11H13Br2NO2/c1-6(14-7(2)11(15)16)9-4-3-8(12)5-10(9)13/h3-7,14H,1-2H3,(H,15,16). The maximum atomic E-state index is 10.7. The Labute approximate surface area is 111 Å². The Morgan fingerprint density at radius 3 is 2.50 bits per heavy atom. The van der Waals surface area contributed by atoms with Crippen molar-refractivity contribution in [1.29, 1.82) is 0 Å². The Morgan fingerprint density at radius 1 is 1.38 bits per heavy atom. The third-order valence-corrected chi connectivity index (χ3v) is 3.48. The molecule has 0 fully saturated rings. The van der Waals surface area contributed by atoms with Gasteiger partial charge in [0.25, 0.3) is 0 Å². The summed E-state index contributed by atoms with van der Waals surface area (Å²) in [6.45, 7) is 3.57. The Kier molecular flexibility index (Phi) is 4.95. The van der Waals surface area contributed by atoms with Gasteiger partial charge in [-0.15, -0.1) is 0 Å². The molecule has 0 saturated carbocycles. The Hall–Kier alpha value is -0.390. The van der Waals surface area contributed by atoms with Crippen LogP contribution in [0.5, 0.6) is 0 Å². The van der Waals surface area contributed by atoms with Gasteiger partial charge in [0.15, 0.2) is 0 Å². The molecule has 2 N–H and O–H groups in total. The van der Waals surface area contributed by atoms with Crippen molar-refractivity contribution in [3.8, 4) is 0 Å². The molecule has 1 rings (SSSR count). The molecule has 0 heterocycles. The van der Waals surface area contributed by atoms with Gasteiger partial charge in [-0.25, -0.2) is 0 Å². The lowest BCUT2D eigenvalue weighted by molar-refractivity contribution is -0.139. The summed E-state index contributed by atoms with van der Waals surface area (Å²) in [6, 6.07) is 5.25. The number of halogens is 2. The zero-order valence-corrected chi connectivity index (χ0v) is 12.2. The van der Waals surface area contributed by atoms with Crippen LogP contribution in [0.2, 0.25) is 0 Å². The van der Waals surface area contributed by atoms with E-state index in [4.69, 9.17) is 5.11 Å². The van der Waals surface area contributed by atoms with Crippen LogP contribution in [0, 0.1) is 0 Å². The van der Waals surface area contributed by atoms with Gasteiger partial charge in [0.05, 0.1) is 0 Å². The van der Waals surface area contributed by atoms with Gasteiger partial charge in [0.1, 0.15) is 6.04 Å². The fourth-order valence-corrected chi connectivity index (χ4v) is 2.78. The Bertz CT molecular complexity index is 396. The van der Waals surface area contributed by atoms with Crippen LogP contribution in [0.25, 0.3) is 0 Å². The average molecular weight is 351 g/mol. The molecule has 5 heteroatoms. The summed E-state index contributed by atoms with van der Waals surface area (Å²) in [5, 5.41) is 11.8. The van der Waals surface area contributed by atoms with Crippen molar-refractivity contribution in [1.82, 2.24) is 5.32 Å². The third kappa shape index (κ3) is 3.57. The molecule has 2 atom stereocenters. The molecule has 2 unspecified atom stereocenters. The zero-order chi connectivity index (χ0) is 12.3. The molecule has 0 bridgehead atoms. The minimum absolute atomic E-state index is 0.0198. The number of hydrogen-bond donors (Lipinski definition) is 2. The first-order chi connectivity index (χ1) is 7.41. The fraction of sp³-hybridized carbons (Fsp3) is 0.364. The van der Waals surface area contributed by atoms with E-state index in [0.29, 0.717) is 0 Å². The SMILES string of the molecule is CC(NC(C)c1ccc(Br)cc1Br)C(=O)O. The highest BCUT2D eigenvalue weighted by Gasteiger charge is 2.16. The van der Waals surface area contributed by atoms with E-state index in [2.05, 4.69) is 37.2 Å². The van der Waals surface area contributed by atoms with Gasteiger partial charge in [-0.2, -0.15) is 0 Å². The van der Waals surface area contributed by atoms with Crippen LogP contribution in [-0.4, -0.2) is 17.1 Å². The number of rotatable bonds is 4. The lowest BCUT2D eigenvalue weighted by atomic mass is 10.1. The van der Waals surface area contributed by atoms with E-state index in [9.17, 15) is 4.79 Å². The van der Waals surface area contributed by atoms with Gasteiger partial charge in [0.2, 0.25) is 0 Å². The molecule has 88 valence electrons. The highest BCUT2D eigenvalue weighted by molar-refractivity contribution is 9.11. The maximum Gasteiger partial charge on any atom is 0.320 e. The monoisotopic (exact) mass is 349 g/mol. The lowest BCUT2D eigenvalue weighted by Gasteiger charge is -2.18. The van der Waals surface area contributed by atoms with E-state index in [1.807, 2.05) is 25.1 Å². The van der Waals surface area contributed by atoms with Gasteiger partial charge in [0, 0.05) is 15.0 Å². The van der Waals surface area contributed by atoms with E-state index in [0.717, 1.165) is 14.5 Å². The molecular formula is C11H13Br2NO2. The molecule has 0 aliphatic heterocycles. The topological polar surface area (TPSA) is 49.3 Å². The largest absolute Gasteiger partial charge is 0.480 e. The van der Waals surface area contributed by atoms with Crippen molar-refractivity contribution in [2.24, 2.45) is 0 Å². The number of nitrogens with one attached hydrogen (secondary N) is 1. The zero-order valence-electron chi connectivity index (χ0n) is 9.00. The van der Waals surface area contributed by atoms with Crippen LogP contribution in [0.3, 0.4) is 0 Å². The summed E-state index contributed by atoms with van der Waals surface area (Å²) in [5.74, 6) is -0.847. The molecule has 1 aromatic carbocycles. The van der Waals surface area contributed by atoms with E-state index in [1.165, 1.54) is 0 Å². The molecule has 0 saturated heterocycles. The number of carboxylic acids is 1. The average Bonchev–Trinajstić information content (AvgIpc) is 2.16. The minimum Gasteiger partial charge on any atom is -0.480 e. The molecular weight excluding hydrogens is 338 g/mol. The summed E-state index contributed by atoms with van der Waals surface area (Å²) < 4.78 is 1.95. The van der Waals surface area contributed by atoms with Gasteiger partial charge in [-0.3, -0.25) is 10.1 Å². The van der Waals surface area contributed by atoms with Gasteiger partial charge in [-0.1, -0.05) is 37.9 Å². The van der Waals surface area contributed by atoms with Crippen molar-refractivity contribution >= 4 is 37.8 Å². The molecule has 0 aromatic heterocycles.